The summed E-state index contributed by atoms with van der Waals surface area (Å²) in [6.45, 7) is 0. The van der Waals surface area contributed by atoms with Gasteiger partial charge in [-0.2, -0.15) is 0 Å². The molecule has 0 bridgehead atoms. The number of phenols is 1. The van der Waals surface area contributed by atoms with Crippen LogP contribution in [0.2, 0.25) is 5.02 Å². The monoisotopic (exact) mass is 523 g/mol. The second kappa shape index (κ2) is 10.6. The van der Waals surface area contributed by atoms with E-state index in [1.165, 1.54) is 57.9 Å². The van der Waals surface area contributed by atoms with Gasteiger partial charge in [0.05, 0.1) is 37.7 Å². The normalized spacial score (nSPS) is 11.6. The Kier molecular flexibility index (Phi) is 7.30. The Labute approximate surface area is 216 Å². The lowest BCUT2D eigenvalue weighted by atomic mass is 9.94. The number of pyridine rings is 1. The van der Waals surface area contributed by atoms with E-state index >= 15 is 0 Å². The number of halogens is 1. The fraction of sp³-hybridized carbons (Fsp3) is 0.154. The zero-order chi connectivity index (χ0) is 26.7. The number of aromatic hydroxyl groups is 1. The van der Waals surface area contributed by atoms with E-state index in [0.29, 0.717) is 11.3 Å². The van der Waals surface area contributed by atoms with Crippen molar-refractivity contribution in [2.24, 2.45) is 0 Å². The molecule has 0 spiro atoms. The van der Waals surface area contributed by atoms with Crippen LogP contribution in [-0.2, 0) is 0 Å². The molecular formula is C26H22ClN3O7. The minimum atomic E-state index is -1.08. The molecule has 10 nitrogen and oxygen atoms in total. The maximum Gasteiger partial charge on any atom is 0.279 e. The number of rotatable bonds is 8. The molecule has 4 rings (SSSR count). The molecular weight excluding hydrogens is 502 g/mol. The minimum absolute atomic E-state index is 0.0192. The van der Waals surface area contributed by atoms with Crippen molar-refractivity contribution in [3.8, 4) is 23.0 Å². The first-order valence-electron chi connectivity index (χ1n) is 10.9. The largest absolute Gasteiger partial charge is 0.505 e. The molecule has 0 fully saturated rings. The molecule has 0 aliphatic heterocycles. The van der Waals surface area contributed by atoms with E-state index in [-0.39, 0.29) is 50.0 Å². The van der Waals surface area contributed by atoms with E-state index in [2.05, 4.69) is 10.3 Å². The molecule has 11 heteroatoms. The average Bonchev–Trinajstić information content (AvgIpc) is 2.91. The predicted octanol–water partition coefficient (Wildman–Crippen LogP) is 5.05. The van der Waals surface area contributed by atoms with Gasteiger partial charge in [0.15, 0.2) is 11.5 Å². The lowest BCUT2D eigenvalue weighted by Gasteiger charge is -2.23. The fourth-order valence-electron chi connectivity index (χ4n) is 4.06. The molecule has 4 aromatic rings. The molecule has 0 unspecified atom stereocenters. The summed E-state index contributed by atoms with van der Waals surface area (Å²) >= 11 is 6.47. The van der Waals surface area contributed by atoms with Crippen molar-refractivity contribution < 1.29 is 29.0 Å². The number of amides is 1. The molecule has 3 aromatic carbocycles. The van der Waals surface area contributed by atoms with E-state index in [4.69, 9.17) is 25.8 Å². The van der Waals surface area contributed by atoms with Gasteiger partial charge in [-0.05, 0) is 35.9 Å². The molecule has 0 saturated carbocycles. The first-order valence-corrected chi connectivity index (χ1v) is 11.3. The number of phenolic OH excluding ortho intramolecular Hbond substituents is 1. The number of carbonyl (C=O) groups excluding carboxylic acids is 1. The lowest BCUT2D eigenvalue weighted by molar-refractivity contribution is -0.383. The number of benzene rings is 3. The number of nitro groups is 1. The minimum Gasteiger partial charge on any atom is -0.505 e. The van der Waals surface area contributed by atoms with Crippen LogP contribution in [0.1, 0.15) is 27.5 Å². The van der Waals surface area contributed by atoms with Crippen LogP contribution in [0.3, 0.4) is 0 Å². The van der Waals surface area contributed by atoms with Gasteiger partial charge < -0.3 is 24.6 Å². The van der Waals surface area contributed by atoms with Crippen LogP contribution in [0.5, 0.6) is 23.0 Å². The van der Waals surface area contributed by atoms with E-state index in [1.807, 2.05) is 0 Å². The Hall–Kier alpha value is -4.57. The topological polar surface area (TPSA) is 133 Å². The molecule has 1 aromatic heterocycles. The number of nitrogens with one attached hydrogen (secondary N) is 1. The third-order valence-electron chi connectivity index (χ3n) is 5.80. The third kappa shape index (κ3) is 4.78. The number of nitro benzene ring substituents is 1. The van der Waals surface area contributed by atoms with Crippen molar-refractivity contribution >= 4 is 34.1 Å². The second-order valence-corrected chi connectivity index (χ2v) is 8.24. The van der Waals surface area contributed by atoms with E-state index in [9.17, 15) is 20.0 Å². The summed E-state index contributed by atoms with van der Waals surface area (Å²) in [7, 11) is 4.28. The van der Waals surface area contributed by atoms with Gasteiger partial charge in [0.1, 0.15) is 11.3 Å². The Bertz CT molecular complexity index is 1480. The van der Waals surface area contributed by atoms with Crippen LogP contribution < -0.4 is 19.5 Å². The van der Waals surface area contributed by atoms with Gasteiger partial charge in [-0.15, -0.1) is 0 Å². The van der Waals surface area contributed by atoms with E-state index in [1.54, 1.807) is 24.3 Å². The number of fused-ring (bicyclic) bond motifs is 1. The van der Waals surface area contributed by atoms with Gasteiger partial charge in [-0.25, -0.2) is 0 Å². The Morgan fingerprint density at radius 2 is 1.70 bits per heavy atom. The SMILES string of the molecule is COc1cc(C(=O)N[C@H](c2ccccc2Cl)c2cc([N+](=O)[O-])c3cccnc3c2O)cc(OC)c1OC. The van der Waals surface area contributed by atoms with Crippen LogP contribution in [0.25, 0.3) is 10.9 Å². The van der Waals surface area contributed by atoms with Gasteiger partial charge in [-0.1, -0.05) is 29.8 Å². The number of carbonyl (C=O) groups is 1. The molecule has 2 N–H and O–H groups in total. The van der Waals surface area contributed by atoms with Crippen molar-refractivity contribution in [1.82, 2.24) is 10.3 Å². The Morgan fingerprint density at radius 3 is 2.30 bits per heavy atom. The first kappa shape index (κ1) is 25.5. The summed E-state index contributed by atoms with van der Waals surface area (Å²) in [6, 6.07) is 12.7. The first-order chi connectivity index (χ1) is 17.8. The molecule has 0 radical (unpaired) electrons. The molecule has 190 valence electrons. The predicted molar refractivity (Wildman–Crippen MR) is 137 cm³/mol. The number of hydrogen-bond donors (Lipinski definition) is 2. The lowest BCUT2D eigenvalue weighted by Crippen LogP contribution is -2.30. The van der Waals surface area contributed by atoms with Crippen molar-refractivity contribution in [2.75, 3.05) is 21.3 Å². The van der Waals surface area contributed by atoms with Gasteiger partial charge in [0.25, 0.3) is 11.6 Å². The Balaban J connectivity index is 1.90. The number of nitrogens with zero attached hydrogens (tertiary/aromatic N) is 2. The third-order valence-corrected chi connectivity index (χ3v) is 6.14. The molecule has 1 heterocycles. The average molecular weight is 524 g/mol. The van der Waals surface area contributed by atoms with Crippen molar-refractivity contribution in [3.05, 3.63) is 92.6 Å². The van der Waals surface area contributed by atoms with Crippen LogP contribution in [-0.4, -0.2) is 42.3 Å². The summed E-state index contributed by atoms with van der Waals surface area (Å²) in [5.41, 5.74) is 0.344. The Morgan fingerprint density at radius 1 is 1.03 bits per heavy atom. The highest BCUT2D eigenvalue weighted by molar-refractivity contribution is 6.31. The number of aromatic nitrogens is 1. The highest BCUT2D eigenvalue weighted by Crippen LogP contribution is 2.42. The molecule has 1 atom stereocenters. The summed E-state index contributed by atoms with van der Waals surface area (Å²) < 4.78 is 16.0. The van der Waals surface area contributed by atoms with E-state index in [0.717, 1.165) is 0 Å². The maximum atomic E-state index is 13.5. The highest BCUT2D eigenvalue weighted by atomic mass is 35.5. The smallest absolute Gasteiger partial charge is 0.279 e. The van der Waals surface area contributed by atoms with Crippen LogP contribution >= 0.6 is 11.6 Å². The number of methoxy groups -OCH3 is 3. The molecule has 0 aliphatic carbocycles. The van der Waals surface area contributed by atoms with Crippen molar-refractivity contribution in [2.45, 2.75) is 6.04 Å². The van der Waals surface area contributed by atoms with Gasteiger partial charge >= 0.3 is 0 Å². The van der Waals surface area contributed by atoms with Crippen LogP contribution in [0, 0.1) is 10.1 Å². The molecule has 37 heavy (non-hydrogen) atoms. The summed E-state index contributed by atoms with van der Waals surface area (Å²) in [5, 5.41) is 26.3. The second-order valence-electron chi connectivity index (χ2n) is 7.83. The standard InChI is InChI=1S/C26H22ClN3O7/c1-35-20-11-14(12-21(36-2)25(20)37-3)26(32)29-22(15-7-4-5-9-18(15)27)17-13-19(30(33)34)16-8-6-10-28-23(16)24(17)31/h4-13,22,31H,1-3H3,(H,29,32)/t22-/m1/s1. The summed E-state index contributed by atoms with van der Waals surface area (Å²) in [5.74, 6) is -0.0916. The van der Waals surface area contributed by atoms with Crippen molar-refractivity contribution in [3.63, 3.8) is 0 Å². The zero-order valence-corrected chi connectivity index (χ0v) is 20.8. The molecule has 1 amide bonds. The number of ether oxygens (including phenoxy) is 3. The van der Waals surface area contributed by atoms with Gasteiger partial charge in [0.2, 0.25) is 5.75 Å². The van der Waals surface area contributed by atoms with E-state index < -0.39 is 16.9 Å². The summed E-state index contributed by atoms with van der Waals surface area (Å²) in [6.07, 6.45) is 1.41. The van der Waals surface area contributed by atoms with Crippen molar-refractivity contribution in [1.29, 1.82) is 0 Å². The maximum absolute atomic E-state index is 13.5. The molecule has 0 aliphatic rings. The highest BCUT2D eigenvalue weighted by Gasteiger charge is 2.29. The molecule has 0 saturated heterocycles. The van der Waals surface area contributed by atoms with Gasteiger partial charge in [-0.3, -0.25) is 19.9 Å². The quantitative estimate of drug-likeness (QED) is 0.242. The zero-order valence-electron chi connectivity index (χ0n) is 20.0. The fourth-order valence-corrected chi connectivity index (χ4v) is 4.31. The summed E-state index contributed by atoms with van der Waals surface area (Å²) in [4.78, 5) is 29.0. The number of non-ortho nitro benzene ring substituents is 1. The van der Waals surface area contributed by atoms with Gasteiger partial charge in [0, 0.05) is 28.4 Å². The van der Waals surface area contributed by atoms with Crippen LogP contribution in [0.4, 0.5) is 5.69 Å². The van der Waals surface area contributed by atoms with Crippen LogP contribution in [0.15, 0.2) is 60.8 Å². The number of hydrogen-bond acceptors (Lipinski definition) is 8.